The van der Waals surface area contributed by atoms with Crippen molar-refractivity contribution in [2.75, 3.05) is 0 Å². The van der Waals surface area contributed by atoms with E-state index in [-0.39, 0.29) is 17.0 Å². The van der Waals surface area contributed by atoms with Gasteiger partial charge in [-0.25, -0.2) is 4.79 Å². The molecule has 0 aromatic heterocycles. The molecule has 4 atom stereocenters. The van der Waals surface area contributed by atoms with Crippen molar-refractivity contribution in [1.82, 2.24) is 0 Å². The lowest BCUT2D eigenvalue weighted by Crippen LogP contribution is -2.61. The minimum Gasteiger partial charge on any atom is -0.455 e. The summed E-state index contributed by atoms with van der Waals surface area (Å²) in [5.41, 5.74) is 0.816. The Hall–Kier alpha value is -0.790. The first-order valence-electron chi connectivity index (χ1n) is 8.64. The Kier molecular flexibility index (Phi) is 3.31. The van der Waals surface area contributed by atoms with Crippen LogP contribution in [-0.4, -0.2) is 11.6 Å². The molecule has 2 heteroatoms. The molecule has 0 amide bonds. The van der Waals surface area contributed by atoms with E-state index in [1.54, 1.807) is 0 Å². The van der Waals surface area contributed by atoms with Gasteiger partial charge < -0.3 is 4.74 Å². The molecule has 1 saturated heterocycles. The van der Waals surface area contributed by atoms with Crippen molar-refractivity contribution in [3.63, 3.8) is 0 Å². The topological polar surface area (TPSA) is 26.3 Å². The molecule has 2 saturated carbocycles. The summed E-state index contributed by atoms with van der Waals surface area (Å²) in [6.45, 7) is 13.5. The van der Waals surface area contributed by atoms with Gasteiger partial charge in [0.2, 0.25) is 0 Å². The van der Waals surface area contributed by atoms with Crippen LogP contribution in [0.3, 0.4) is 0 Å². The largest absolute Gasteiger partial charge is 0.455 e. The molecule has 0 aromatic rings. The van der Waals surface area contributed by atoms with Crippen LogP contribution in [0.15, 0.2) is 12.2 Å². The highest BCUT2D eigenvalue weighted by Crippen LogP contribution is 2.67. The van der Waals surface area contributed by atoms with Gasteiger partial charge >= 0.3 is 5.97 Å². The maximum atomic E-state index is 12.1. The molecule has 2 aliphatic carbocycles. The van der Waals surface area contributed by atoms with E-state index in [0.717, 1.165) is 18.8 Å². The minimum atomic E-state index is -0.276. The maximum absolute atomic E-state index is 12.1. The van der Waals surface area contributed by atoms with Crippen LogP contribution in [0.1, 0.15) is 72.6 Å². The lowest BCUT2D eigenvalue weighted by molar-refractivity contribution is -0.210. The van der Waals surface area contributed by atoms with E-state index in [1.165, 1.54) is 32.1 Å². The Bertz CT molecular complexity index is 462. The summed E-state index contributed by atoms with van der Waals surface area (Å²) >= 11 is 0. The first-order valence-corrected chi connectivity index (χ1v) is 8.64. The highest BCUT2D eigenvalue weighted by atomic mass is 16.6. The normalized spacial score (nSPS) is 46.8. The molecule has 0 bridgehead atoms. The van der Waals surface area contributed by atoms with Crippen LogP contribution in [0, 0.1) is 22.7 Å². The third-order valence-corrected chi connectivity index (χ3v) is 7.40. The first kappa shape index (κ1) is 15.1. The van der Waals surface area contributed by atoms with E-state index in [0.29, 0.717) is 16.9 Å². The number of esters is 1. The van der Waals surface area contributed by atoms with Crippen molar-refractivity contribution < 1.29 is 9.53 Å². The van der Waals surface area contributed by atoms with Gasteiger partial charge in [0.25, 0.3) is 0 Å². The van der Waals surface area contributed by atoms with Gasteiger partial charge in [-0.1, -0.05) is 34.3 Å². The first-order chi connectivity index (χ1) is 9.73. The number of rotatable bonds is 1. The molecule has 3 fully saturated rings. The Morgan fingerprint density at radius 2 is 1.95 bits per heavy atom. The fourth-order valence-corrected chi connectivity index (χ4v) is 5.55. The van der Waals surface area contributed by atoms with E-state index >= 15 is 0 Å². The van der Waals surface area contributed by atoms with Crippen molar-refractivity contribution in [3.05, 3.63) is 12.2 Å². The molecule has 2 nitrogen and oxygen atoms in total. The van der Waals surface area contributed by atoms with Crippen LogP contribution in [0.5, 0.6) is 0 Å². The van der Waals surface area contributed by atoms with E-state index < -0.39 is 0 Å². The number of fused-ring (bicyclic) bond motifs is 2. The fraction of sp³-hybridized carbons (Fsp3) is 0.842. The van der Waals surface area contributed by atoms with Crippen LogP contribution >= 0.6 is 0 Å². The Labute approximate surface area is 129 Å². The predicted octanol–water partition coefficient (Wildman–Crippen LogP) is 4.88. The van der Waals surface area contributed by atoms with Gasteiger partial charge in [0.15, 0.2) is 0 Å². The van der Waals surface area contributed by atoms with Gasteiger partial charge in [-0.2, -0.15) is 0 Å². The van der Waals surface area contributed by atoms with Crippen molar-refractivity contribution in [2.24, 2.45) is 22.7 Å². The zero-order chi connectivity index (χ0) is 15.5. The van der Waals surface area contributed by atoms with Gasteiger partial charge in [-0.3, -0.25) is 0 Å². The van der Waals surface area contributed by atoms with Gasteiger partial charge in [-0.05, 0) is 55.8 Å². The Morgan fingerprint density at radius 1 is 1.24 bits per heavy atom. The predicted molar refractivity (Wildman–Crippen MR) is 84.8 cm³/mol. The fourth-order valence-electron chi connectivity index (χ4n) is 5.55. The zero-order valence-electron chi connectivity index (χ0n) is 14.1. The number of hydrogen-bond donors (Lipinski definition) is 0. The molecule has 1 heterocycles. The molecule has 1 aliphatic heterocycles. The second-order valence-electron chi connectivity index (χ2n) is 8.66. The van der Waals surface area contributed by atoms with E-state index in [1.807, 2.05) is 0 Å². The smallest absolute Gasteiger partial charge is 0.334 e. The van der Waals surface area contributed by atoms with Gasteiger partial charge in [-0.15, -0.1) is 0 Å². The van der Waals surface area contributed by atoms with Crippen molar-refractivity contribution in [3.8, 4) is 0 Å². The Morgan fingerprint density at radius 3 is 2.52 bits per heavy atom. The minimum absolute atomic E-state index is 0.0978. The van der Waals surface area contributed by atoms with Crippen LogP contribution in [-0.2, 0) is 9.53 Å². The van der Waals surface area contributed by atoms with Crippen LogP contribution in [0.4, 0.5) is 0 Å². The standard InChI is InChI=1S/C19H30O2/c1-13(2)15-7-10-17(4)8-6-9-19(18(17,5)12-15)11-14(3)16(20)21-19/h13,15H,3,6-12H2,1-2,4-5H3/t15-,17+,18+,19-/m0/s1. The molecule has 3 aliphatic rings. The molecule has 3 rings (SSSR count). The quantitative estimate of drug-likeness (QED) is 0.508. The summed E-state index contributed by atoms with van der Waals surface area (Å²) in [4.78, 5) is 12.1. The molecule has 0 N–H and O–H groups in total. The number of carbonyl (C=O) groups is 1. The molecule has 21 heavy (non-hydrogen) atoms. The molecule has 0 unspecified atom stereocenters. The van der Waals surface area contributed by atoms with Gasteiger partial charge in [0.1, 0.15) is 5.60 Å². The summed E-state index contributed by atoms with van der Waals surface area (Å²) in [6.07, 6.45) is 8.03. The third kappa shape index (κ3) is 1.94. The van der Waals surface area contributed by atoms with Crippen molar-refractivity contribution in [1.29, 1.82) is 0 Å². The average Bonchev–Trinajstić information content (AvgIpc) is 2.68. The number of ether oxygens (including phenoxy) is 1. The Balaban J connectivity index is 2.02. The third-order valence-electron chi connectivity index (χ3n) is 7.40. The molecule has 1 spiro atoms. The zero-order valence-corrected chi connectivity index (χ0v) is 14.1. The molecule has 0 radical (unpaired) electrons. The van der Waals surface area contributed by atoms with Gasteiger partial charge in [0, 0.05) is 17.4 Å². The highest BCUT2D eigenvalue weighted by molar-refractivity contribution is 5.90. The van der Waals surface area contributed by atoms with Crippen molar-refractivity contribution >= 4 is 5.97 Å². The summed E-state index contributed by atoms with van der Waals surface area (Å²) in [7, 11) is 0. The van der Waals surface area contributed by atoms with E-state index in [2.05, 4.69) is 34.3 Å². The lowest BCUT2D eigenvalue weighted by Gasteiger charge is -2.63. The highest BCUT2D eigenvalue weighted by Gasteiger charge is 2.66. The molecule has 118 valence electrons. The van der Waals surface area contributed by atoms with E-state index in [4.69, 9.17) is 4.74 Å². The van der Waals surface area contributed by atoms with E-state index in [9.17, 15) is 4.79 Å². The summed E-state index contributed by atoms with van der Waals surface area (Å²) in [6, 6.07) is 0. The second-order valence-corrected chi connectivity index (χ2v) is 8.66. The van der Waals surface area contributed by atoms with Crippen LogP contribution < -0.4 is 0 Å². The SMILES string of the molecule is C=C1C[C@]2(CCC[C@]3(C)CC[C@H](C(C)C)C[C@]32C)OC1=O. The molecular weight excluding hydrogens is 260 g/mol. The summed E-state index contributed by atoms with van der Waals surface area (Å²) < 4.78 is 6.03. The van der Waals surface area contributed by atoms with Crippen molar-refractivity contribution in [2.45, 2.75) is 78.2 Å². The van der Waals surface area contributed by atoms with Crippen LogP contribution in [0.2, 0.25) is 0 Å². The average molecular weight is 290 g/mol. The number of carbonyl (C=O) groups excluding carboxylic acids is 1. The van der Waals surface area contributed by atoms with Crippen LogP contribution in [0.25, 0.3) is 0 Å². The second kappa shape index (κ2) is 4.60. The summed E-state index contributed by atoms with van der Waals surface area (Å²) in [5, 5.41) is 0. The maximum Gasteiger partial charge on any atom is 0.334 e. The number of hydrogen-bond acceptors (Lipinski definition) is 2. The van der Waals surface area contributed by atoms with Gasteiger partial charge in [0.05, 0.1) is 0 Å². The molecule has 0 aromatic carbocycles. The lowest BCUT2D eigenvalue weighted by atomic mass is 9.43. The monoisotopic (exact) mass is 290 g/mol. The summed E-state index contributed by atoms with van der Waals surface area (Å²) in [5.74, 6) is 1.32. The molecular formula is C19H30O2.